The van der Waals surface area contributed by atoms with Gasteiger partial charge in [-0.2, -0.15) is 0 Å². The van der Waals surface area contributed by atoms with Crippen molar-refractivity contribution in [1.82, 2.24) is 0 Å². The summed E-state index contributed by atoms with van der Waals surface area (Å²) in [5, 5.41) is 2.64. The van der Waals surface area contributed by atoms with Gasteiger partial charge in [-0.1, -0.05) is 163 Å². The van der Waals surface area contributed by atoms with Crippen LogP contribution in [-0.2, 0) is 0 Å². The zero-order chi connectivity index (χ0) is 43.6. The Hall–Kier alpha value is -6.44. The van der Waals surface area contributed by atoms with Gasteiger partial charge in [-0.3, -0.25) is 0 Å². The molecule has 0 fully saturated rings. The number of hydrogen-bond acceptors (Lipinski definition) is 1. The molecule has 49 heavy (non-hydrogen) atoms. The quantitative estimate of drug-likeness (QED) is 0.175. The van der Waals surface area contributed by atoms with Crippen molar-refractivity contribution in [2.45, 2.75) is 0 Å². The summed E-state index contributed by atoms with van der Waals surface area (Å²) >= 11 is 0. The van der Waals surface area contributed by atoms with Crippen LogP contribution in [0.25, 0.3) is 98.8 Å². The van der Waals surface area contributed by atoms with Crippen LogP contribution in [0.2, 0.25) is 0 Å². The fourth-order valence-electron chi connectivity index (χ4n) is 7.15. The van der Waals surface area contributed by atoms with E-state index in [2.05, 4.69) is 0 Å². The molecule has 1 heterocycles. The summed E-state index contributed by atoms with van der Waals surface area (Å²) in [4.78, 5) is 0. The molecule has 1 heteroatoms. The van der Waals surface area contributed by atoms with E-state index < -0.39 is 78.6 Å². The Labute approximate surface area is 302 Å². The smallest absolute Gasteiger partial charge is 0.136 e. The normalized spacial score (nSPS) is 15.4. The number of benzene rings is 9. The van der Waals surface area contributed by atoms with Crippen LogP contribution < -0.4 is 0 Å². The minimum atomic E-state index is -0.603. The second-order valence-electron chi connectivity index (χ2n) is 11.8. The van der Waals surface area contributed by atoms with Crippen molar-refractivity contribution in [2.24, 2.45) is 0 Å². The molecular formula is C48H30O. The number of hydrogen-bond donors (Lipinski definition) is 0. The van der Waals surface area contributed by atoms with Crippen molar-refractivity contribution in [3.05, 3.63) is 182 Å². The van der Waals surface area contributed by atoms with E-state index in [4.69, 9.17) is 16.8 Å². The maximum Gasteiger partial charge on any atom is 0.136 e. The van der Waals surface area contributed by atoms with Gasteiger partial charge in [0.15, 0.2) is 0 Å². The van der Waals surface area contributed by atoms with Crippen LogP contribution in [0.3, 0.4) is 0 Å². The molecule has 9 aromatic carbocycles. The van der Waals surface area contributed by atoms with Gasteiger partial charge >= 0.3 is 0 Å². The topological polar surface area (TPSA) is 13.1 Å². The summed E-state index contributed by atoms with van der Waals surface area (Å²) in [5.41, 5.74) is 3.53. The highest BCUT2D eigenvalue weighted by Gasteiger charge is 2.21. The van der Waals surface area contributed by atoms with Crippen molar-refractivity contribution in [3.63, 3.8) is 0 Å². The maximum absolute atomic E-state index is 9.61. The summed E-state index contributed by atoms with van der Waals surface area (Å²) in [6.07, 6.45) is 0. The van der Waals surface area contributed by atoms with E-state index in [1.165, 1.54) is 0 Å². The molecule has 0 unspecified atom stereocenters. The first-order valence-electron chi connectivity index (χ1n) is 22.3. The highest BCUT2D eigenvalue weighted by molar-refractivity contribution is 6.25. The third kappa shape index (κ3) is 4.33. The lowest BCUT2D eigenvalue weighted by atomic mass is 9.82. The van der Waals surface area contributed by atoms with Gasteiger partial charge in [0.2, 0.25) is 0 Å². The van der Waals surface area contributed by atoms with E-state index in [-0.39, 0.29) is 49.4 Å². The van der Waals surface area contributed by atoms with Gasteiger partial charge in [0.25, 0.3) is 0 Å². The van der Waals surface area contributed by atoms with Gasteiger partial charge in [-0.05, 0) is 95.0 Å². The van der Waals surface area contributed by atoms with Gasteiger partial charge in [-0.25, -0.2) is 0 Å². The lowest BCUT2D eigenvalue weighted by Gasteiger charge is -2.21. The van der Waals surface area contributed by atoms with Crippen LogP contribution in [0.1, 0.15) is 17.8 Å². The molecule has 0 amide bonds. The van der Waals surface area contributed by atoms with Gasteiger partial charge in [-0.15, -0.1) is 0 Å². The minimum absolute atomic E-state index is 0.00199. The Bertz CT molecular complexity index is 3520. The van der Waals surface area contributed by atoms with Gasteiger partial charge in [0, 0.05) is 10.8 Å². The second-order valence-corrected chi connectivity index (χ2v) is 11.8. The molecule has 1 aromatic heterocycles. The van der Waals surface area contributed by atoms with E-state index in [0.29, 0.717) is 33.1 Å². The van der Waals surface area contributed by atoms with E-state index in [1.807, 2.05) is 54.6 Å². The van der Waals surface area contributed by atoms with Crippen LogP contribution in [0.15, 0.2) is 186 Å². The lowest BCUT2D eigenvalue weighted by Crippen LogP contribution is -1.94. The first-order valence-corrected chi connectivity index (χ1v) is 15.8. The third-order valence-electron chi connectivity index (χ3n) is 9.19. The summed E-state index contributed by atoms with van der Waals surface area (Å²) < 4.78 is 124. The van der Waals surface area contributed by atoms with Crippen LogP contribution >= 0.6 is 0 Å². The monoisotopic (exact) mass is 635 g/mol. The van der Waals surface area contributed by atoms with E-state index in [9.17, 15) is 5.48 Å². The van der Waals surface area contributed by atoms with Crippen molar-refractivity contribution in [1.29, 1.82) is 0 Å². The summed E-state index contributed by atoms with van der Waals surface area (Å²) in [6, 6.07) is 23.9. The fraction of sp³-hybridized carbons (Fsp3) is 0. The molecule has 0 saturated carbocycles. The average molecular weight is 636 g/mol. The van der Waals surface area contributed by atoms with Gasteiger partial charge in [0.05, 0.1) is 17.8 Å². The molecule has 0 spiro atoms. The molecule has 0 atom stereocenters. The van der Waals surface area contributed by atoms with Crippen LogP contribution in [0.4, 0.5) is 0 Å². The molecule has 1 nitrogen and oxygen atoms in total. The van der Waals surface area contributed by atoms with Crippen LogP contribution in [-0.4, -0.2) is 0 Å². The van der Waals surface area contributed by atoms with Crippen molar-refractivity contribution < 1.29 is 22.2 Å². The second kappa shape index (κ2) is 11.1. The fourth-order valence-corrected chi connectivity index (χ4v) is 7.15. The van der Waals surface area contributed by atoms with Crippen molar-refractivity contribution in [2.75, 3.05) is 0 Å². The molecular weight excluding hydrogens is 593 g/mol. The zero-order valence-electron chi connectivity index (χ0n) is 38.7. The highest BCUT2D eigenvalue weighted by atomic mass is 16.3. The Morgan fingerprint density at radius 3 is 1.76 bits per heavy atom. The Morgan fingerprint density at radius 1 is 0.367 bits per heavy atom. The van der Waals surface area contributed by atoms with E-state index in [1.54, 1.807) is 48.5 Å². The molecule has 0 N–H and O–H groups in total. The number of rotatable bonds is 4. The third-order valence-corrected chi connectivity index (χ3v) is 9.19. The predicted octanol–water partition coefficient (Wildman–Crippen LogP) is 13.7. The molecule has 0 aliphatic heterocycles. The summed E-state index contributed by atoms with van der Waals surface area (Å²) in [5.74, 6) is 0. The minimum Gasteiger partial charge on any atom is -0.456 e. The molecule has 0 saturated heterocycles. The van der Waals surface area contributed by atoms with Gasteiger partial charge in [0.1, 0.15) is 11.2 Å². The van der Waals surface area contributed by atoms with Crippen LogP contribution in [0.5, 0.6) is 0 Å². The largest absolute Gasteiger partial charge is 0.456 e. The molecule has 0 bridgehead atoms. The lowest BCUT2D eigenvalue weighted by molar-refractivity contribution is 0.669. The van der Waals surface area contributed by atoms with Crippen molar-refractivity contribution >= 4 is 54.3 Å². The standard InChI is InChI=1S/C48H30O/c1-2-14-31(15-3-1)37-29-28-32-16-4-5-19-35(32)47(37)48-40-22-8-6-20-38(40)45(39-21-7-9-23-41(39)48)34-18-12-17-33(30-34)36-25-13-27-44-46(36)42-24-10-11-26-43(42)49-44/h1-30H/i1D,2D,3D,6D,7D,8D,9D,14D,15D,20D,21D,22D,23D. The SMILES string of the molecule is [2H]c1c([2H])c([2H])c(-c2ccc3ccccc3c2-c2c3c([2H])c([2H])c([2H])c([2H])c3c(-c3cccc(-c4cccc5oc6ccccc6c45)c3)c3c([2H])c([2H])c([2H])c([2H])c23)c([2H])c1[2H]. The first-order chi connectivity index (χ1) is 29.7. The summed E-state index contributed by atoms with van der Waals surface area (Å²) in [6.45, 7) is 0. The molecule has 0 radical (unpaired) electrons. The zero-order valence-corrected chi connectivity index (χ0v) is 25.7. The van der Waals surface area contributed by atoms with E-state index >= 15 is 0 Å². The maximum atomic E-state index is 9.61. The molecule has 10 aromatic rings. The number of para-hydroxylation sites is 1. The Balaban J connectivity index is 1.44. The van der Waals surface area contributed by atoms with E-state index in [0.717, 1.165) is 16.3 Å². The van der Waals surface area contributed by atoms with Crippen molar-refractivity contribution in [3.8, 4) is 44.5 Å². The molecule has 228 valence electrons. The number of fused-ring (bicyclic) bond motifs is 6. The molecule has 10 rings (SSSR count). The first kappa shape index (κ1) is 17.6. The Kier molecular flexibility index (Phi) is 3.99. The van der Waals surface area contributed by atoms with Crippen LogP contribution in [0, 0.1) is 0 Å². The molecule has 0 aliphatic rings. The number of furan rings is 1. The highest BCUT2D eigenvalue weighted by Crippen LogP contribution is 2.49. The molecule has 0 aliphatic carbocycles. The predicted molar refractivity (Wildman–Crippen MR) is 208 cm³/mol. The summed E-state index contributed by atoms with van der Waals surface area (Å²) in [7, 11) is 0. The Morgan fingerprint density at radius 2 is 0.980 bits per heavy atom. The van der Waals surface area contributed by atoms with Gasteiger partial charge < -0.3 is 4.42 Å². The average Bonchev–Trinajstić information content (AvgIpc) is 3.68.